The van der Waals surface area contributed by atoms with E-state index in [0.29, 0.717) is 11.5 Å². The third-order valence-corrected chi connectivity index (χ3v) is 22.2. The number of ether oxygens (including phenoxy) is 2. The number of pyridine rings is 3. The van der Waals surface area contributed by atoms with E-state index in [1.54, 1.807) is 0 Å². The molecule has 0 aliphatic rings. The number of hydrogen-bond donors (Lipinski definition) is 0. The average molecular weight is 1790 g/mol. The summed E-state index contributed by atoms with van der Waals surface area (Å²) in [6, 6.07) is 114. The van der Waals surface area contributed by atoms with Crippen molar-refractivity contribution in [3.8, 4) is 96.3 Å². The zero-order valence-corrected chi connectivity index (χ0v) is 71.3. The van der Waals surface area contributed by atoms with Crippen molar-refractivity contribution in [3.05, 3.63) is 386 Å². The van der Waals surface area contributed by atoms with Crippen molar-refractivity contribution in [1.82, 2.24) is 48.2 Å². The van der Waals surface area contributed by atoms with Crippen LogP contribution in [0.3, 0.4) is 0 Å². The Morgan fingerprint density at radius 1 is 0.303 bits per heavy atom. The first kappa shape index (κ1) is 78.2. The molecule has 0 N–H and O–H groups in total. The fourth-order valence-electron chi connectivity index (χ4n) is 15.4. The number of fused-ring (bicyclic) bond motifs is 9. The van der Waals surface area contributed by atoms with Gasteiger partial charge < -0.3 is 14.0 Å². The van der Waals surface area contributed by atoms with E-state index in [9.17, 15) is 0 Å². The van der Waals surface area contributed by atoms with Gasteiger partial charge in [-0.2, -0.15) is 22.3 Å². The Morgan fingerprint density at radius 3 is 1.24 bits per heavy atom. The quantitative estimate of drug-likeness (QED) is 0.106. The van der Waals surface area contributed by atoms with E-state index in [2.05, 4.69) is 368 Å². The van der Waals surface area contributed by atoms with Crippen LogP contribution in [0, 0.1) is 12.1 Å². The van der Waals surface area contributed by atoms with E-state index >= 15 is 0 Å². The molecular formula is C105H85BrN10O2Pt. The van der Waals surface area contributed by atoms with Crippen LogP contribution < -0.4 is 9.47 Å². The summed E-state index contributed by atoms with van der Waals surface area (Å²) in [7, 11) is 0. The number of hydrogen-bond acceptors (Lipinski definition) is 7. The van der Waals surface area contributed by atoms with Gasteiger partial charge in [-0.05, 0) is 168 Å². The zero-order valence-electron chi connectivity index (χ0n) is 67.5. The maximum Gasteiger partial charge on any atom is 2.00 e. The van der Waals surface area contributed by atoms with Crippen molar-refractivity contribution in [2.24, 2.45) is 0 Å². The normalized spacial score (nSPS) is 11.7. The van der Waals surface area contributed by atoms with Gasteiger partial charge in [0, 0.05) is 97.3 Å². The minimum absolute atomic E-state index is 0. The van der Waals surface area contributed by atoms with Crippen molar-refractivity contribution in [3.63, 3.8) is 0 Å². The number of aromatic nitrogens is 10. The number of benzene rings is 12. The molecule has 0 fully saturated rings. The largest absolute Gasteiger partial charge is 2.00 e. The standard InChI is InChI=1S/C42H34N4O.C42H32N4O.C21H19BrN2.Pt/c2*1-42(2,3)33-22-23-43-41(24-33)46-39-15-8-7-14-37(39)38-21-20-36(26-40(38)46)47-35-13-9-12-34(25-35)45-28-32(27-44-45)31-18-16-30(17-19-31)29-10-5-4-6-11-29;1-21(2,3)14-10-11-23-20(12-14)24-18-7-5-4-6-16(18)17-9-8-15(22)13-19(17)24;/h4-28H,1-3H3;4-24,27-28H,1-3H3;4-13H,1-3H3;/q;-2;;+2. The Bertz CT molecular complexity index is 6740. The van der Waals surface area contributed by atoms with Crippen LogP contribution in [-0.4, -0.2) is 48.2 Å². The molecule has 584 valence electrons. The van der Waals surface area contributed by atoms with Crippen molar-refractivity contribution in [2.45, 2.75) is 78.6 Å². The molecule has 14 heteroatoms. The molecule has 20 rings (SSSR count). The Hall–Kier alpha value is -13.3. The van der Waals surface area contributed by atoms with Gasteiger partial charge in [0.05, 0.1) is 40.1 Å². The summed E-state index contributed by atoms with van der Waals surface area (Å²) in [6.45, 7) is 20.0. The minimum atomic E-state index is -0.00236. The molecular weight excluding hydrogens is 1710 g/mol. The molecule has 20 aromatic rings. The van der Waals surface area contributed by atoms with Gasteiger partial charge in [-0.1, -0.05) is 260 Å². The van der Waals surface area contributed by atoms with Crippen LogP contribution in [-0.2, 0) is 37.3 Å². The number of nitrogens with zero attached hydrogens (tertiary/aromatic N) is 10. The van der Waals surface area contributed by atoms with Crippen LogP contribution in [0.2, 0.25) is 0 Å². The van der Waals surface area contributed by atoms with Crippen LogP contribution >= 0.6 is 15.9 Å². The second kappa shape index (κ2) is 32.6. The van der Waals surface area contributed by atoms with Gasteiger partial charge in [0.15, 0.2) is 0 Å². The molecule has 12 aromatic carbocycles. The summed E-state index contributed by atoms with van der Waals surface area (Å²) < 4.78 is 24.3. The summed E-state index contributed by atoms with van der Waals surface area (Å²) >= 11 is 3.61. The first-order chi connectivity index (χ1) is 57.3. The minimum Gasteiger partial charge on any atom is -0.509 e. The average Bonchev–Trinajstić information content (AvgIpc) is 1.60. The van der Waals surface area contributed by atoms with E-state index in [-0.39, 0.29) is 37.3 Å². The molecule has 0 saturated heterocycles. The molecule has 0 amide bonds. The SMILES string of the molecule is CC(C)(C)c1ccnc(-n2c3[c-]c(Oc4[c-]c(-n5cc(-c6ccc(-c7ccccc7)cc6)cn5)ccc4)ccc3c3ccccc32)c1.CC(C)(C)c1ccnc(-n2c3ccccc3c3ccc(Br)cc32)c1.CC(C)(C)c1ccnc(-n2c3ccccc3c3ccc(Oc4cccc(-n5cc(-c6ccc(-c7ccccc7)cc6)cn5)c4)cc32)c1.[Pt+2]. The molecule has 119 heavy (non-hydrogen) atoms. The van der Waals surface area contributed by atoms with Crippen molar-refractivity contribution < 1.29 is 30.5 Å². The van der Waals surface area contributed by atoms with Gasteiger partial charge >= 0.3 is 21.1 Å². The van der Waals surface area contributed by atoms with E-state index < -0.39 is 0 Å². The maximum atomic E-state index is 6.49. The van der Waals surface area contributed by atoms with Crippen molar-refractivity contribution >= 4 is 81.3 Å². The molecule has 8 aromatic heterocycles. The van der Waals surface area contributed by atoms with Crippen LogP contribution in [0.15, 0.2) is 357 Å². The predicted molar refractivity (Wildman–Crippen MR) is 486 cm³/mol. The second-order valence-electron chi connectivity index (χ2n) is 32.8. The third kappa shape index (κ3) is 16.2. The zero-order chi connectivity index (χ0) is 80.8. The third-order valence-electron chi connectivity index (χ3n) is 21.7. The molecule has 0 radical (unpaired) electrons. The Labute approximate surface area is 715 Å². The molecule has 0 aliphatic carbocycles. The molecule has 8 heterocycles. The first-order valence-electron chi connectivity index (χ1n) is 39.7. The molecule has 0 spiro atoms. The number of rotatable bonds is 13. The smallest absolute Gasteiger partial charge is 0.509 e. The van der Waals surface area contributed by atoms with Gasteiger partial charge in [0.25, 0.3) is 0 Å². The maximum absolute atomic E-state index is 6.49. The van der Waals surface area contributed by atoms with Crippen LogP contribution in [0.5, 0.6) is 23.0 Å². The Balaban J connectivity index is 0.000000134. The van der Waals surface area contributed by atoms with E-state index in [0.717, 1.165) is 105 Å². The molecule has 0 bridgehead atoms. The van der Waals surface area contributed by atoms with E-state index in [1.807, 2.05) is 113 Å². The molecule has 0 atom stereocenters. The van der Waals surface area contributed by atoms with Gasteiger partial charge in [0.1, 0.15) is 29.0 Å². The molecule has 0 unspecified atom stereocenters. The Morgan fingerprint density at radius 2 is 0.706 bits per heavy atom. The van der Waals surface area contributed by atoms with Crippen LogP contribution in [0.1, 0.15) is 79.0 Å². The fourth-order valence-corrected chi connectivity index (χ4v) is 15.8. The number of halogens is 1. The summed E-state index contributed by atoms with van der Waals surface area (Å²) in [5, 5.41) is 16.4. The monoisotopic (exact) mass is 1790 g/mol. The summed E-state index contributed by atoms with van der Waals surface area (Å²) in [5.41, 5.74) is 21.2. The second-order valence-corrected chi connectivity index (χ2v) is 33.7. The van der Waals surface area contributed by atoms with Gasteiger partial charge in [-0.3, -0.25) is 13.8 Å². The Kier molecular flexibility index (Phi) is 21.5. The summed E-state index contributed by atoms with van der Waals surface area (Å²) in [6.07, 6.45) is 13.6. The van der Waals surface area contributed by atoms with Crippen molar-refractivity contribution in [1.29, 1.82) is 0 Å². The van der Waals surface area contributed by atoms with Gasteiger partial charge in [0.2, 0.25) is 0 Å². The van der Waals surface area contributed by atoms with Crippen molar-refractivity contribution in [2.75, 3.05) is 0 Å². The molecule has 12 nitrogen and oxygen atoms in total. The predicted octanol–water partition coefficient (Wildman–Crippen LogP) is 27.4. The fraction of sp³-hybridized carbons (Fsp3) is 0.114. The number of para-hydroxylation sites is 3. The first-order valence-corrected chi connectivity index (χ1v) is 40.5. The van der Waals surface area contributed by atoms with Gasteiger partial charge in [-0.15, -0.1) is 35.7 Å². The summed E-state index contributed by atoms with van der Waals surface area (Å²) in [5.74, 6) is 5.39. The van der Waals surface area contributed by atoms with Crippen LogP contribution in [0.25, 0.3) is 139 Å². The topological polar surface area (TPSA) is 108 Å². The molecule has 0 aliphatic heterocycles. The van der Waals surface area contributed by atoms with E-state index in [1.165, 1.54) is 66.1 Å². The summed E-state index contributed by atoms with van der Waals surface area (Å²) in [4.78, 5) is 14.3. The van der Waals surface area contributed by atoms with Gasteiger partial charge in [-0.25, -0.2) is 19.6 Å². The van der Waals surface area contributed by atoms with Crippen LogP contribution in [0.4, 0.5) is 0 Å². The molecule has 0 saturated carbocycles. The van der Waals surface area contributed by atoms with E-state index in [4.69, 9.17) is 19.4 Å².